The van der Waals surface area contributed by atoms with Gasteiger partial charge in [0.15, 0.2) is 0 Å². The van der Waals surface area contributed by atoms with Crippen molar-refractivity contribution in [3.05, 3.63) is 56.4 Å². The van der Waals surface area contributed by atoms with Crippen LogP contribution in [0, 0.1) is 20.2 Å². The highest BCUT2D eigenvalue weighted by molar-refractivity contribution is 5.98. The number of hydrazine groups is 1. The van der Waals surface area contributed by atoms with Crippen molar-refractivity contribution in [3.8, 4) is 0 Å². The Balaban J connectivity index is 1.77. The standard InChI is InChI=1S/C18H20N8O7/c1-2-33-18(28)24-9-7-23(8-10-24)16-14(26(31)32)15(19-11-20-16)21-22-17(27)12-5-3-4-6-13(12)25(29)30/h3-6,11H,2,7-10H2,1H3,(H,22,27)(H,19,20,21). The van der Waals surface area contributed by atoms with E-state index < -0.39 is 33.2 Å². The lowest BCUT2D eigenvalue weighted by molar-refractivity contribution is -0.385. The predicted molar refractivity (Wildman–Crippen MR) is 114 cm³/mol. The number of hydrogen-bond acceptors (Lipinski definition) is 11. The van der Waals surface area contributed by atoms with Crippen molar-refractivity contribution in [3.63, 3.8) is 0 Å². The van der Waals surface area contributed by atoms with E-state index in [1.165, 1.54) is 23.1 Å². The summed E-state index contributed by atoms with van der Waals surface area (Å²) in [6.07, 6.45) is 0.619. The zero-order valence-corrected chi connectivity index (χ0v) is 17.5. The predicted octanol–water partition coefficient (Wildman–Crippen LogP) is 1.33. The van der Waals surface area contributed by atoms with E-state index in [0.717, 1.165) is 12.4 Å². The maximum absolute atomic E-state index is 12.4. The fraction of sp³-hybridized carbons (Fsp3) is 0.333. The van der Waals surface area contributed by atoms with Gasteiger partial charge < -0.3 is 14.5 Å². The minimum atomic E-state index is -0.875. The van der Waals surface area contributed by atoms with Crippen LogP contribution in [0.1, 0.15) is 17.3 Å². The molecular weight excluding hydrogens is 440 g/mol. The van der Waals surface area contributed by atoms with E-state index in [-0.39, 0.29) is 50.0 Å². The summed E-state index contributed by atoms with van der Waals surface area (Å²) in [6, 6.07) is 5.27. The van der Waals surface area contributed by atoms with Crippen molar-refractivity contribution in [2.75, 3.05) is 43.1 Å². The molecule has 3 rings (SSSR count). The summed E-state index contributed by atoms with van der Waals surface area (Å²) in [5.74, 6) is -1.18. The number of amides is 2. The second-order valence-electron chi connectivity index (χ2n) is 6.68. The van der Waals surface area contributed by atoms with Crippen molar-refractivity contribution in [1.82, 2.24) is 20.3 Å². The molecule has 0 unspecified atom stereocenters. The second kappa shape index (κ2) is 10.2. The molecule has 2 heterocycles. The number of nitrogens with one attached hydrogen (secondary N) is 2. The van der Waals surface area contributed by atoms with E-state index in [1.807, 2.05) is 0 Å². The van der Waals surface area contributed by atoms with E-state index in [1.54, 1.807) is 11.8 Å². The molecule has 2 amide bonds. The molecule has 1 aromatic heterocycles. The lowest BCUT2D eigenvalue weighted by Crippen LogP contribution is -2.49. The molecule has 2 aromatic rings. The fourth-order valence-electron chi connectivity index (χ4n) is 3.18. The Kier molecular flexibility index (Phi) is 7.12. The van der Waals surface area contributed by atoms with Gasteiger partial charge in [0.2, 0.25) is 11.6 Å². The number of piperazine rings is 1. The van der Waals surface area contributed by atoms with Gasteiger partial charge in [-0.3, -0.25) is 35.9 Å². The van der Waals surface area contributed by atoms with Crippen molar-refractivity contribution < 1.29 is 24.2 Å². The van der Waals surface area contributed by atoms with Crippen molar-refractivity contribution >= 4 is 35.0 Å². The van der Waals surface area contributed by atoms with Crippen LogP contribution in [0.25, 0.3) is 0 Å². The molecule has 15 heteroatoms. The smallest absolute Gasteiger partial charge is 0.409 e. The van der Waals surface area contributed by atoms with Gasteiger partial charge in [-0.15, -0.1) is 0 Å². The largest absolute Gasteiger partial charge is 0.450 e. The summed E-state index contributed by atoms with van der Waals surface area (Å²) in [6.45, 7) is 3.01. The number of rotatable bonds is 7. The summed E-state index contributed by atoms with van der Waals surface area (Å²) in [5, 5.41) is 22.9. The molecule has 1 saturated heterocycles. The number of nitrogens with zero attached hydrogens (tertiary/aromatic N) is 6. The van der Waals surface area contributed by atoms with Crippen molar-refractivity contribution in [2.24, 2.45) is 0 Å². The third-order valence-corrected chi connectivity index (χ3v) is 4.73. The molecule has 15 nitrogen and oxygen atoms in total. The summed E-state index contributed by atoms with van der Waals surface area (Å²) >= 11 is 0. The first-order valence-corrected chi connectivity index (χ1v) is 9.79. The summed E-state index contributed by atoms with van der Waals surface area (Å²) in [5.41, 5.74) is 3.40. The number of anilines is 2. The molecule has 0 spiro atoms. The average molecular weight is 460 g/mol. The molecule has 0 saturated carbocycles. The quantitative estimate of drug-likeness (QED) is 0.448. The van der Waals surface area contributed by atoms with Gasteiger partial charge in [0.05, 0.1) is 16.5 Å². The molecule has 1 aromatic carbocycles. The van der Waals surface area contributed by atoms with E-state index in [2.05, 4.69) is 20.8 Å². The molecule has 33 heavy (non-hydrogen) atoms. The third kappa shape index (κ3) is 5.20. The number of para-hydroxylation sites is 1. The number of carbonyl (C=O) groups is 2. The van der Waals surface area contributed by atoms with Crippen LogP contribution in [0.2, 0.25) is 0 Å². The Morgan fingerprint density at radius 2 is 1.79 bits per heavy atom. The molecule has 0 atom stereocenters. The SMILES string of the molecule is CCOC(=O)N1CCN(c2ncnc(NNC(=O)c3ccccc3[N+](=O)[O-])c2[N+](=O)[O-])CC1. The van der Waals surface area contributed by atoms with Crippen LogP contribution in [-0.2, 0) is 4.74 Å². The number of nitro benzene ring substituents is 1. The monoisotopic (exact) mass is 460 g/mol. The van der Waals surface area contributed by atoms with Crippen LogP contribution in [0.4, 0.5) is 27.8 Å². The van der Waals surface area contributed by atoms with Crippen LogP contribution < -0.4 is 15.8 Å². The van der Waals surface area contributed by atoms with E-state index in [0.29, 0.717) is 0 Å². The zero-order chi connectivity index (χ0) is 24.0. The minimum absolute atomic E-state index is 0.000879. The van der Waals surface area contributed by atoms with Crippen LogP contribution in [0.15, 0.2) is 30.6 Å². The molecule has 0 aliphatic carbocycles. The normalized spacial score (nSPS) is 13.2. The Morgan fingerprint density at radius 1 is 1.09 bits per heavy atom. The molecule has 1 fully saturated rings. The summed E-state index contributed by atoms with van der Waals surface area (Å²) in [7, 11) is 0. The Labute approximate surface area is 186 Å². The van der Waals surface area contributed by atoms with E-state index in [9.17, 15) is 29.8 Å². The van der Waals surface area contributed by atoms with Gasteiger partial charge in [0, 0.05) is 32.2 Å². The van der Waals surface area contributed by atoms with Crippen LogP contribution >= 0.6 is 0 Å². The molecule has 1 aliphatic rings. The molecule has 174 valence electrons. The van der Waals surface area contributed by atoms with Gasteiger partial charge in [-0.05, 0) is 13.0 Å². The molecule has 1 aliphatic heterocycles. The van der Waals surface area contributed by atoms with Crippen LogP contribution in [-0.4, -0.2) is 69.5 Å². The Morgan fingerprint density at radius 3 is 2.42 bits per heavy atom. The highest BCUT2D eigenvalue weighted by Crippen LogP contribution is 2.32. The van der Waals surface area contributed by atoms with Crippen molar-refractivity contribution in [2.45, 2.75) is 6.92 Å². The maximum atomic E-state index is 12.4. The van der Waals surface area contributed by atoms with Gasteiger partial charge in [0.25, 0.3) is 11.6 Å². The number of aromatic nitrogens is 2. The molecule has 2 N–H and O–H groups in total. The first-order chi connectivity index (χ1) is 15.8. The highest BCUT2D eigenvalue weighted by Gasteiger charge is 2.31. The average Bonchev–Trinajstić information content (AvgIpc) is 2.82. The second-order valence-corrected chi connectivity index (χ2v) is 6.68. The zero-order valence-electron chi connectivity index (χ0n) is 17.5. The van der Waals surface area contributed by atoms with Gasteiger partial charge >= 0.3 is 11.8 Å². The summed E-state index contributed by atoms with van der Waals surface area (Å²) < 4.78 is 4.96. The molecular formula is C18H20N8O7. The highest BCUT2D eigenvalue weighted by atomic mass is 16.6. The van der Waals surface area contributed by atoms with Crippen molar-refractivity contribution in [1.29, 1.82) is 0 Å². The van der Waals surface area contributed by atoms with Gasteiger partial charge in [0.1, 0.15) is 11.9 Å². The van der Waals surface area contributed by atoms with E-state index >= 15 is 0 Å². The number of nitro groups is 2. The lowest BCUT2D eigenvalue weighted by atomic mass is 10.2. The number of benzene rings is 1. The topological polar surface area (TPSA) is 186 Å². The molecule has 0 bridgehead atoms. The lowest BCUT2D eigenvalue weighted by Gasteiger charge is -2.34. The molecule has 0 radical (unpaired) electrons. The Bertz CT molecular complexity index is 1070. The summed E-state index contributed by atoms with van der Waals surface area (Å²) in [4.78, 5) is 56.7. The van der Waals surface area contributed by atoms with Gasteiger partial charge in [-0.25, -0.2) is 14.8 Å². The fourth-order valence-corrected chi connectivity index (χ4v) is 3.18. The minimum Gasteiger partial charge on any atom is -0.450 e. The van der Waals surface area contributed by atoms with Crippen LogP contribution in [0.5, 0.6) is 0 Å². The number of ether oxygens (including phenoxy) is 1. The first-order valence-electron chi connectivity index (χ1n) is 9.79. The first kappa shape index (κ1) is 23.1. The number of hydrogen-bond donors (Lipinski definition) is 2. The maximum Gasteiger partial charge on any atom is 0.409 e. The Hall–Kier alpha value is -4.56. The van der Waals surface area contributed by atoms with Crippen LogP contribution in [0.3, 0.4) is 0 Å². The van der Waals surface area contributed by atoms with Gasteiger partial charge in [-0.1, -0.05) is 12.1 Å². The van der Waals surface area contributed by atoms with Gasteiger partial charge in [-0.2, -0.15) is 0 Å². The number of carbonyl (C=O) groups excluding carboxylic acids is 2. The third-order valence-electron chi connectivity index (χ3n) is 4.73. The van der Waals surface area contributed by atoms with E-state index in [4.69, 9.17) is 4.74 Å².